The monoisotopic (exact) mass is 248 g/mol. The summed E-state index contributed by atoms with van der Waals surface area (Å²) in [6, 6.07) is 8.94. The van der Waals surface area contributed by atoms with Crippen molar-refractivity contribution in [1.82, 2.24) is 4.90 Å². The summed E-state index contributed by atoms with van der Waals surface area (Å²) in [4.78, 5) is 2.60. The number of nitrogens with zero attached hydrogens (tertiary/aromatic N) is 1. The molecule has 1 unspecified atom stereocenters. The van der Waals surface area contributed by atoms with Gasteiger partial charge in [0.2, 0.25) is 0 Å². The van der Waals surface area contributed by atoms with Crippen LogP contribution in [-0.4, -0.2) is 24.0 Å². The van der Waals surface area contributed by atoms with Crippen molar-refractivity contribution in [3.05, 3.63) is 29.8 Å². The Bertz CT molecular complexity index is 336. The molecule has 1 rings (SSSR count). The zero-order valence-electron chi connectivity index (χ0n) is 12.2. The molecule has 0 radical (unpaired) electrons. The fourth-order valence-electron chi connectivity index (χ4n) is 2.19. The predicted octanol–water partition coefficient (Wildman–Crippen LogP) is 3.71. The van der Waals surface area contributed by atoms with Crippen LogP contribution in [0.1, 0.15) is 45.6 Å². The van der Waals surface area contributed by atoms with Gasteiger partial charge in [0.15, 0.2) is 0 Å². The number of unbranched alkanes of at least 4 members (excludes halogenated alkanes) is 1. The van der Waals surface area contributed by atoms with Crippen molar-refractivity contribution in [2.75, 3.05) is 18.8 Å². The summed E-state index contributed by atoms with van der Waals surface area (Å²) in [6.45, 7) is 9.21. The van der Waals surface area contributed by atoms with E-state index in [1.807, 2.05) is 12.1 Å². The highest BCUT2D eigenvalue weighted by molar-refractivity contribution is 5.40. The first kappa shape index (κ1) is 15.0. The quantitative estimate of drug-likeness (QED) is 0.711. The van der Waals surface area contributed by atoms with Crippen LogP contribution in [0.15, 0.2) is 24.3 Å². The maximum absolute atomic E-state index is 5.82. The van der Waals surface area contributed by atoms with Crippen LogP contribution in [0.3, 0.4) is 0 Å². The number of nitrogens with two attached hydrogens (primary N) is 1. The second kappa shape index (κ2) is 8.15. The Morgan fingerprint density at radius 1 is 1.22 bits per heavy atom. The number of anilines is 1. The summed E-state index contributed by atoms with van der Waals surface area (Å²) in [7, 11) is 0. The molecule has 102 valence electrons. The van der Waals surface area contributed by atoms with E-state index in [-0.39, 0.29) is 0 Å². The molecule has 0 heterocycles. The molecule has 2 nitrogen and oxygen atoms in total. The zero-order valence-corrected chi connectivity index (χ0v) is 12.2. The van der Waals surface area contributed by atoms with Crippen LogP contribution in [-0.2, 0) is 6.42 Å². The van der Waals surface area contributed by atoms with Crippen molar-refractivity contribution in [3.8, 4) is 0 Å². The van der Waals surface area contributed by atoms with Crippen molar-refractivity contribution >= 4 is 5.69 Å². The molecule has 0 amide bonds. The van der Waals surface area contributed by atoms with Gasteiger partial charge in [-0.15, -0.1) is 0 Å². The third-order valence-corrected chi connectivity index (χ3v) is 3.65. The molecule has 2 N–H and O–H groups in total. The van der Waals surface area contributed by atoms with Crippen molar-refractivity contribution in [2.45, 2.75) is 52.5 Å². The molecule has 18 heavy (non-hydrogen) atoms. The standard InChI is InChI=1S/C16H28N2/c1-4-6-11-18(14(3)5-2)12-10-15-8-7-9-16(17)13-15/h7-9,13-14H,4-6,10-12,17H2,1-3H3. The van der Waals surface area contributed by atoms with E-state index in [0.29, 0.717) is 6.04 Å². The van der Waals surface area contributed by atoms with Gasteiger partial charge in [0.25, 0.3) is 0 Å². The third kappa shape index (κ3) is 5.09. The largest absolute Gasteiger partial charge is 0.399 e. The van der Waals surface area contributed by atoms with Crippen LogP contribution < -0.4 is 5.73 Å². The Hall–Kier alpha value is -1.02. The molecule has 0 bridgehead atoms. The van der Waals surface area contributed by atoms with E-state index in [1.165, 1.54) is 31.4 Å². The first-order valence-corrected chi connectivity index (χ1v) is 7.25. The van der Waals surface area contributed by atoms with E-state index in [9.17, 15) is 0 Å². The fourth-order valence-corrected chi connectivity index (χ4v) is 2.19. The van der Waals surface area contributed by atoms with E-state index >= 15 is 0 Å². The summed E-state index contributed by atoms with van der Waals surface area (Å²) < 4.78 is 0. The lowest BCUT2D eigenvalue weighted by Crippen LogP contribution is -2.35. The number of nitrogen functional groups attached to an aromatic ring is 1. The molecule has 1 aromatic rings. The van der Waals surface area contributed by atoms with E-state index in [2.05, 4.69) is 37.8 Å². The topological polar surface area (TPSA) is 29.3 Å². The van der Waals surface area contributed by atoms with Crippen LogP contribution in [0.5, 0.6) is 0 Å². The summed E-state index contributed by atoms with van der Waals surface area (Å²) in [6.07, 6.45) is 4.88. The average Bonchev–Trinajstić information content (AvgIpc) is 2.38. The summed E-state index contributed by atoms with van der Waals surface area (Å²) >= 11 is 0. The Morgan fingerprint density at radius 3 is 2.61 bits per heavy atom. The maximum atomic E-state index is 5.82. The van der Waals surface area contributed by atoms with E-state index in [4.69, 9.17) is 5.73 Å². The van der Waals surface area contributed by atoms with Gasteiger partial charge in [0, 0.05) is 18.3 Å². The van der Waals surface area contributed by atoms with Gasteiger partial charge in [-0.2, -0.15) is 0 Å². The fraction of sp³-hybridized carbons (Fsp3) is 0.625. The Labute approximate surface area is 112 Å². The smallest absolute Gasteiger partial charge is 0.0316 e. The molecule has 1 atom stereocenters. The van der Waals surface area contributed by atoms with Crippen LogP contribution in [0.4, 0.5) is 5.69 Å². The second-order valence-electron chi connectivity index (χ2n) is 5.14. The van der Waals surface area contributed by atoms with Gasteiger partial charge in [-0.3, -0.25) is 0 Å². The van der Waals surface area contributed by atoms with Gasteiger partial charge < -0.3 is 10.6 Å². The summed E-state index contributed by atoms with van der Waals surface area (Å²) in [5.41, 5.74) is 8.04. The van der Waals surface area contributed by atoms with Crippen molar-refractivity contribution in [2.24, 2.45) is 0 Å². The van der Waals surface area contributed by atoms with Crippen LogP contribution >= 0.6 is 0 Å². The number of rotatable bonds is 8. The molecule has 0 aliphatic rings. The first-order valence-electron chi connectivity index (χ1n) is 7.25. The Kier molecular flexibility index (Phi) is 6.81. The molecule has 2 heteroatoms. The third-order valence-electron chi connectivity index (χ3n) is 3.65. The molecular weight excluding hydrogens is 220 g/mol. The number of benzene rings is 1. The first-order chi connectivity index (χ1) is 8.67. The molecule has 0 spiro atoms. The maximum Gasteiger partial charge on any atom is 0.0316 e. The SMILES string of the molecule is CCCCN(CCc1cccc(N)c1)C(C)CC. The normalized spacial score (nSPS) is 12.9. The Balaban J connectivity index is 2.50. The van der Waals surface area contributed by atoms with Crippen molar-refractivity contribution < 1.29 is 0 Å². The highest BCUT2D eigenvalue weighted by atomic mass is 15.1. The molecule has 0 saturated heterocycles. The molecule has 0 aromatic heterocycles. The lowest BCUT2D eigenvalue weighted by molar-refractivity contribution is 0.203. The molecule has 0 aliphatic heterocycles. The Morgan fingerprint density at radius 2 is 2.00 bits per heavy atom. The zero-order chi connectivity index (χ0) is 13.4. The van der Waals surface area contributed by atoms with Crippen LogP contribution in [0.2, 0.25) is 0 Å². The molecule has 0 saturated carbocycles. The summed E-state index contributed by atoms with van der Waals surface area (Å²) in [5, 5.41) is 0. The van der Waals surface area contributed by atoms with Crippen LogP contribution in [0, 0.1) is 0 Å². The minimum absolute atomic E-state index is 0.678. The van der Waals surface area contributed by atoms with Gasteiger partial charge in [0.05, 0.1) is 0 Å². The number of hydrogen-bond donors (Lipinski definition) is 1. The molecular formula is C16H28N2. The minimum atomic E-state index is 0.678. The highest BCUT2D eigenvalue weighted by Crippen LogP contribution is 2.11. The van der Waals surface area contributed by atoms with Gasteiger partial charge in [0.1, 0.15) is 0 Å². The van der Waals surface area contributed by atoms with Gasteiger partial charge in [-0.25, -0.2) is 0 Å². The summed E-state index contributed by atoms with van der Waals surface area (Å²) in [5.74, 6) is 0. The highest BCUT2D eigenvalue weighted by Gasteiger charge is 2.11. The van der Waals surface area contributed by atoms with Gasteiger partial charge >= 0.3 is 0 Å². The van der Waals surface area contributed by atoms with Gasteiger partial charge in [-0.1, -0.05) is 32.4 Å². The molecule has 1 aromatic carbocycles. The minimum Gasteiger partial charge on any atom is -0.399 e. The van der Waals surface area contributed by atoms with E-state index in [1.54, 1.807) is 0 Å². The average molecular weight is 248 g/mol. The van der Waals surface area contributed by atoms with Crippen molar-refractivity contribution in [3.63, 3.8) is 0 Å². The van der Waals surface area contributed by atoms with Crippen molar-refractivity contribution in [1.29, 1.82) is 0 Å². The second-order valence-corrected chi connectivity index (χ2v) is 5.14. The predicted molar refractivity (Wildman–Crippen MR) is 80.8 cm³/mol. The number of hydrogen-bond acceptors (Lipinski definition) is 2. The van der Waals surface area contributed by atoms with E-state index < -0.39 is 0 Å². The molecule has 0 fully saturated rings. The lowest BCUT2D eigenvalue weighted by Gasteiger charge is -2.28. The molecule has 0 aliphatic carbocycles. The van der Waals surface area contributed by atoms with E-state index in [0.717, 1.165) is 18.7 Å². The lowest BCUT2D eigenvalue weighted by atomic mass is 10.1. The van der Waals surface area contributed by atoms with Crippen LogP contribution in [0.25, 0.3) is 0 Å². The van der Waals surface area contributed by atoms with Gasteiger partial charge in [-0.05, 0) is 50.4 Å².